The minimum atomic E-state index is -0.357. The van der Waals surface area contributed by atoms with Crippen LogP contribution in [0.3, 0.4) is 0 Å². The zero-order valence-corrected chi connectivity index (χ0v) is 17.9. The summed E-state index contributed by atoms with van der Waals surface area (Å²) in [5.74, 6) is 1.08. The molecule has 0 aliphatic heterocycles. The number of aromatic nitrogens is 5. The van der Waals surface area contributed by atoms with Gasteiger partial charge in [-0.2, -0.15) is 0 Å². The Morgan fingerprint density at radius 3 is 2.33 bits per heavy atom. The Kier molecular flexibility index (Phi) is 5.61. The Hall–Kier alpha value is -3.10. The second-order valence-corrected chi connectivity index (χ2v) is 8.03. The van der Waals surface area contributed by atoms with Gasteiger partial charge in [0.25, 0.3) is 5.56 Å². The lowest BCUT2D eigenvalue weighted by atomic mass is 10.2. The van der Waals surface area contributed by atoms with Crippen LogP contribution in [0.1, 0.15) is 5.69 Å². The largest absolute Gasteiger partial charge is 0.330 e. The highest BCUT2D eigenvalue weighted by Crippen LogP contribution is 2.29. The molecule has 0 amide bonds. The highest BCUT2D eigenvalue weighted by molar-refractivity contribution is 7.98. The summed E-state index contributed by atoms with van der Waals surface area (Å²) in [5.41, 5.74) is 1.71. The lowest BCUT2D eigenvalue weighted by molar-refractivity contribution is 0.664. The highest BCUT2D eigenvalue weighted by Gasteiger charge is 2.17. The van der Waals surface area contributed by atoms with Gasteiger partial charge >= 0.3 is 5.69 Å². The van der Waals surface area contributed by atoms with Gasteiger partial charge in [0.05, 0.1) is 0 Å². The molecule has 2 aromatic heterocycles. The molecular formula is C21H18ClN5O2S. The van der Waals surface area contributed by atoms with Gasteiger partial charge in [-0.15, -0.1) is 10.2 Å². The van der Waals surface area contributed by atoms with E-state index < -0.39 is 0 Å². The first-order valence-electron chi connectivity index (χ1n) is 9.11. The number of rotatable bonds is 5. The molecule has 0 N–H and O–H groups in total. The second kappa shape index (κ2) is 8.33. The van der Waals surface area contributed by atoms with Crippen molar-refractivity contribution in [1.82, 2.24) is 23.9 Å². The lowest BCUT2D eigenvalue weighted by Gasteiger charge is -2.12. The van der Waals surface area contributed by atoms with Crippen molar-refractivity contribution in [3.8, 4) is 17.1 Å². The predicted octanol–water partition coefficient (Wildman–Crippen LogP) is 3.28. The van der Waals surface area contributed by atoms with Crippen LogP contribution >= 0.6 is 23.4 Å². The van der Waals surface area contributed by atoms with E-state index in [0.717, 1.165) is 15.8 Å². The van der Waals surface area contributed by atoms with E-state index in [1.807, 2.05) is 59.2 Å². The molecule has 2 heterocycles. The Morgan fingerprint density at radius 2 is 1.63 bits per heavy atom. The van der Waals surface area contributed by atoms with Crippen molar-refractivity contribution in [2.75, 3.05) is 0 Å². The third-order valence-corrected chi connectivity index (χ3v) is 5.94. The molecule has 0 unspecified atom stereocenters. The van der Waals surface area contributed by atoms with E-state index in [9.17, 15) is 9.59 Å². The van der Waals surface area contributed by atoms with Crippen LogP contribution in [-0.4, -0.2) is 23.9 Å². The van der Waals surface area contributed by atoms with Crippen LogP contribution in [0.15, 0.2) is 75.4 Å². The quantitative estimate of drug-likeness (QED) is 0.446. The van der Waals surface area contributed by atoms with Gasteiger partial charge in [0.2, 0.25) is 0 Å². The van der Waals surface area contributed by atoms with Gasteiger partial charge in [-0.05, 0) is 36.4 Å². The molecule has 0 saturated carbocycles. The van der Waals surface area contributed by atoms with Gasteiger partial charge in [0, 0.05) is 47.9 Å². The zero-order valence-electron chi connectivity index (χ0n) is 16.3. The first kappa shape index (κ1) is 20.2. The summed E-state index contributed by atoms with van der Waals surface area (Å²) >= 11 is 7.43. The number of hydrogen-bond acceptors (Lipinski definition) is 5. The van der Waals surface area contributed by atoms with Crippen LogP contribution in [-0.2, 0) is 19.8 Å². The number of para-hydroxylation sites is 1. The standard InChI is InChI=1S/C21H18ClN5O2S/c1-25-17(12-18(28)26(2)21(25)29)13-30-20-24-23-19(14-8-10-15(22)11-9-14)27(20)16-6-4-3-5-7-16/h3-12H,13H2,1-2H3. The molecule has 0 fully saturated rings. The minimum absolute atomic E-state index is 0.333. The molecule has 0 bridgehead atoms. The summed E-state index contributed by atoms with van der Waals surface area (Å²) in [5, 5.41) is 10.1. The van der Waals surface area contributed by atoms with E-state index in [2.05, 4.69) is 10.2 Å². The van der Waals surface area contributed by atoms with Gasteiger partial charge in [-0.1, -0.05) is 41.6 Å². The average Bonchev–Trinajstić information content (AvgIpc) is 3.19. The number of thioether (sulfide) groups is 1. The Labute approximate surface area is 181 Å². The van der Waals surface area contributed by atoms with E-state index in [-0.39, 0.29) is 11.2 Å². The predicted molar refractivity (Wildman–Crippen MR) is 118 cm³/mol. The highest BCUT2D eigenvalue weighted by atomic mass is 35.5. The SMILES string of the molecule is Cn1c(CSc2nnc(-c3ccc(Cl)cc3)n2-c2ccccc2)cc(=O)n(C)c1=O. The van der Waals surface area contributed by atoms with Gasteiger partial charge in [-0.3, -0.25) is 18.5 Å². The Balaban J connectivity index is 1.75. The molecule has 0 radical (unpaired) electrons. The maximum Gasteiger partial charge on any atom is 0.330 e. The minimum Gasteiger partial charge on any atom is -0.300 e. The fourth-order valence-corrected chi connectivity index (χ4v) is 4.11. The smallest absolute Gasteiger partial charge is 0.300 e. The van der Waals surface area contributed by atoms with E-state index in [1.54, 1.807) is 7.05 Å². The molecular weight excluding hydrogens is 422 g/mol. The van der Waals surface area contributed by atoms with Crippen molar-refractivity contribution < 1.29 is 0 Å². The third-order valence-electron chi connectivity index (χ3n) is 4.72. The van der Waals surface area contributed by atoms with Crippen LogP contribution in [0, 0.1) is 0 Å². The van der Waals surface area contributed by atoms with Crippen molar-refractivity contribution in [1.29, 1.82) is 0 Å². The number of benzene rings is 2. The van der Waals surface area contributed by atoms with E-state index >= 15 is 0 Å². The maximum atomic E-state index is 12.2. The lowest BCUT2D eigenvalue weighted by Crippen LogP contribution is -2.37. The molecule has 0 saturated heterocycles. The van der Waals surface area contributed by atoms with Crippen molar-refractivity contribution >= 4 is 23.4 Å². The van der Waals surface area contributed by atoms with Gasteiger partial charge in [0.1, 0.15) is 0 Å². The van der Waals surface area contributed by atoms with Crippen LogP contribution in [0.4, 0.5) is 0 Å². The van der Waals surface area contributed by atoms with Crippen LogP contribution < -0.4 is 11.2 Å². The van der Waals surface area contributed by atoms with Crippen LogP contribution in [0.2, 0.25) is 5.02 Å². The third kappa shape index (κ3) is 3.83. The summed E-state index contributed by atoms with van der Waals surface area (Å²) in [6.07, 6.45) is 0. The van der Waals surface area contributed by atoms with Crippen molar-refractivity contribution in [2.45, 2.75) is 10.9 Å². The topological polar surface area (TPSA) is 74.7 Å². The number of nitrogens with zero attached hydrogens (tertiary/aromatic N) is 5. The number of hydrogen-bond donors (Lipinski definition) is 0. The van der Waals surface area contributed by atoms with Crippen molar-refractivity contribution in [3.05, 3.63) is 92.2 Å². The average molecular weight is 440 g/mol. The molecule has 0 aliphatic rings. The molecule has 0 spiro atoms. The van der Waals surface area contributed by atoms with Gasteiger partial charge < -0.3 is 0 Å². The van der Waals surface area contributed by atoms with Gasteiger partial charge in [0.15, 0.2) is 11.0 Å². The molecule has 30 heavy (non-hydrogen) atoms. The summed E-state index contributed by atoms with van der Waals surface area (Å²) in [6, 6.07) is 18.7. The second-order valence-electron chi connectivity index (χ2n) is 6.65. The van der Waals surface area contributed by atoms with Gasteiger partial charge in [-0.25, -0.2) is 4.79 Å². The van der Waals surface area contributed by atoms with E-state index in [4.69, 9.17) is 11.6 Å². The molecule has 9 heteroatoms. The Bertz CT molecular complexity index is 1310. The fourth-order valence-electron chi connectivity index (χ4n) is 3.01. The summed E-state index contributed by atoms with van der Waals surface area (Å²) < 4.78 is 4.50. The van der Waals surface area contributed by atoms with E-state index in [0.29, 0.717) is 27.5 Å². The molecule has 0 aliphatic carbocycles. The van der Waals surface area contributed by atoms with E-state index in [1.165, 1.54) is 29.4 Å². The molecule has 7 nitrogen and oxygen atoms in total. The van der Waals surface area contributed by atoms with Crippen LogP contribution in [0.25, 0.3) is 17.1 Å². The molecule has 152 valence electrons. The summed E-state index contributed by atoms with van der Waals surface area (Å²) in [4.78, 5) is 24.2. The zero-order chi connectivity index (χ0) is 21.3. The molecule has 4 aromatic rings. The first-order valence-corrected chi connectivity index (χ1v) is 10.5. The molecule has 4 rings (SSSR count). The number of halogens is 1. The molecule has 0 atom stereocenters. The van der Waals surface area contributed by atoms with Crippen molar-refractivity contribution in [2.24, 2.45) is 14.1 Å². The first-order chi connectivity index (χ1) is 14.5. The summed E-state index contributed by atoms with van der Waals surface area (Å²) in [6.45, 7) is 0. The Morgan fingerprint density at radius 1 is 0.933 bits per heavy atom. The normalized spacial score (nSPS) is 11.0. The maximum absolute atomic E-state index is 12.2. The monoisotopic (exact) mass is 439 g/mol. The molecule has 2 aromatic carbocycles. The van der Waals surface area contributed by atoms with Crippen molar-refractivity contribution in [3.63, 3.8) is 0 Å². The fraction of sp³-hybridized carbons (Fsp3) is 0.143. The summed E-state index contributed by atoms with van der Waals surface area (Å²) in [7, 11) is 3.12. The van der Waals surface area contributed by atoms with Crippen LogP contribution in [0.5, 0.6) is 0 Å².